The Morgan fingerprint density at radius 1 is 0.830 bits per heavy atom. The fourth-order valence-corrected chi connectivity index (χ4v) is 7.06. The minimum Gasteiger partial charge on any atom is -0.497 e. The van der Waals surface area contributed by atoms with Crippen LogP contribution in [0.25, 0.3) is 0 Å². The van der Waals surface area contributed by atoms with Crippen LogP contribution in [0.5, 0.6) is 11.5 Å². The van der Waals surface area contributed by atoms with Gasteiger partial charge in [0.05, 0.1) is 31.9 Å². The molecule has 11 heteroatoms. The second-order valence-corrected chi connectivity index (χ2v) is 15.9. The maximum atomic E-state index is 15.1. The molecule has 1 saturated heterocycles. The molecule has 2 amide bonds. The lowest BCUT2D eigenvalue weighted by molar-refractivity contribution is -0.0333. The summed E-state index contributed by atoms with van der Waals surface area (Å²) in [5.41, 5.74) is 0.841. The normalized spacial score (nSPS) is 20.5. The van der Waals surface area contributed by atoms with Crippen molar-refractivity contribution in [1.82, 2.24) is 9.80 Å². The Balaban J connectivity index is 1.32. The molecule has 1 aliphatic heterocycles. The monoisotopic (exact) mass is 736 g/mol. The zero-order valence-corrected chi connectivity index (χ0v) is 32.0. The number of methoxy groups -OCH3 is 1. The van der Waals surface area contributed by atoms with E-state index in [0.717, 1.165) is 17.2 Å². The van der Waals surface area contributed by atoms with Gasteiger partial charge in [0.2, 0.25) is 0 Å². The first-order valence-electron chi connectivity index (χ1n) is 18.5. The number of hydrogen-bond donors (Lipinski definition) is 0. The second-order valence-electron chi connectivity index (χ2n) is 15.9. The number of likely N-dealkylation sites (tertiary alicyclic amines) is 1. The highest BCUT2D eigenvalue weighted by Gasteiger charge is 2.45. The highest BCUT2D eigenvalue weighted by atomic mass is 19.1. The van der Waals surface area contributed by atoms with Gasteiger partial charge in [-0.05, 0) is 109 Å². The molecule has 2 atom stereocenters. The van der Waals surface area contributed by atoms with Crippen LogP contribution >= 0.6 is 0 Å². The minimum atomic E-state index is -0.736. The van der Waals surface area contributed by atoms with E-state index in [2.05, 4.69) is 0 Å². The zero-order chi connectivity index (χ0) is 38.3. The van der Waals surface area contributed by atoms with Crippen molar-refractivity contribution in [2.24, 2.45) is 0 Å². The molecule has 1 aliphatic carbocycles. The number of ether oxygens (including phenoxy) is 5. The molecule has 0 N–H and O–H groups in total. The molecule has 53 heavy (non-hydrogen) atoms. The van der Waals surface area contributed by atoms with Crippen molar-refractivity contribution in [2.45, 2.75) is 122 Å². The van der Waals surface area contributed by atoms with Crippen molar-refractivity contribution in [3.63, 3.8) is 0 Å². The molecule has 288 valence electrons. The summed E-state index contributed by atoms with van der Waals surface area (Å²) in [5.74, 6) is -0.681. The number of hydrogen-bond acceptors (Lipinski definition) is 7. The van der Waals surface area contributed by atoms with E-state index in [1.807, 2.05) is 96.1 Å². The van der Waals surface area contributed by atoms with Gasteiger partial charge in [-0.1, -0.05) is 42.5 Å². The molecule has 0 bridgehead atoms. The van der Waals surface area contributed by atoms with Crippen LogP contribution in [0, 0.1) is 11.6 Å². The molecule has 0 unspecified atom stereocenters. The average Bonchev–Trinajstić information content (AvgIpc) is 3.52. The molecule has 9 nitrogen and oxygen atoms in total. The van der Waals surface area contributed by atoms with Crippen LogP contribution < -0.4 is 9.47 Å². The summed E-state index contributed by atoms with van der Waals surface area (Å²) in [6, 6.07) is 18.3. The van der Waals surface area contributed by atoms with Crippen molar-refractivity contribution in [3.8, 4) is 11.5 Å². The summed E-state index contributed by atoms with van der Waals surface area (Å²) in [7, 11) is 1.60. The Morgan fingerprint density at radius 2 is 1.49 bits per heavy atom. The summed E-state index contributed by atoms with van der Waals surface area (Å²) in [4.78, 5) is 30.8. The summed E-state index contributed by atoms with van der Waals surface area (Å²) in [5, 5.41) is 0. The predicted octanol–water partition coefficient (Wildman–Crippen LogP) is 9.41. The standard InChI is InChI=1S/C42H54F2N2O7/c1-41(2,3)52-39(47)45-22-21-36(46(40(48)53-42(4,5)6)25-28-13-17-32(49-7)18-14-28)37(45)27-50-33-19-15-30(16-20-33)34-23-31(43)24-35(44)38(34)51-26-29-11-9-8-10-12-29/h8-14,17-18,23-24,30,33,36-37H,15-16,19-22,25-27H2,1-7H3/t30?,33?,36-,37-/m0/s1. The van der Waals surface area contributed by atoms with E-state index in [4.69, 9.17) is 23.7 Å². The van der Waals surface area contributed by atoms with Crippen molar-refractivity contribution in [1.29, 1.82) is 0 Å². The summed E-state index contributed by atoms with van der Waals surface area (Å²) in [6.45, 7) is 11.9. The molecule has 2 fully saturated rings. The van der Waals surface area contributed by atoms with Crippen molar-refractivity contribution >= 4 is 12.2 Å². The van der Waals surface area contributed by atoms with Crippen LogP contribution in [0.1, 0.15) is 96.3 Å². The third kappa shape index (κ3) is 11.1. The van der Waals surface area contributed by atoms with Gasteiger partial charge < -0.3 is 28.6 Å². The Labute approximate surface area is 312 Å². The van der Waals surface area contributed by atoms with Crippen LogP contribution in [0.2, 0.25) is 0 Å². The van der Waals surface area contributed by atoms with Crippen molar-refractivity contribution < 1.29 is 42.1 Å². The van der Waals surface area contributed by atoms with Crippen molar-refractivity contribution in [3.05, 3.63) is 95.1 Å². The number of rotatable bonds is 11. The molecule has 3 aromatic rings. The molecular formula is C42H54F2N2O7. The first-order chi connectivity index (χ1) is 25.1. The minimum absolute atomic E-state index is 0.0838. The molecule has 0 aromatic heterocycles. The highest BCUT2D eigenvalue weighted by Crippen LogP contribution is 2.41. The number of carbonyl (C=O) groups is 2. The molecule has 1 heterocycles. The maximum absolute atomic E-state index is 15.1. The summed E-state index contributed by atoms with van der Waals surface area (Å²) >= 11 is 0. The van der Waals surface area contributed by atoms with Gasteiger partial charge in [0.15, 0.2) is 11.6 Å². The van der Waals surface area contributed by atoms with Crippen molar-refractivity contribution in [2.75, 3.05) is 20.3 Å². The number of benzene rings is 3. The van der Waals surface area contributed by atoms with Gasteiger partial charge in [0, 0.05) is 24.7 Å². The molecule has 0 spiro atoms. The lowest BCUT2D eigenvalue weighted by Crippen LogP contribution is -2.53. The van der Waals surface area contributed by atoms with Gasteiger partial charge in [-0.25, -0.2) is 18.4 Å². The number of nitrogens with zero attached hydrogens (tertiary/aromatic N) is 2. The number of amides is 2. The molecule has 5 rings (SSSR count). The number of carbonyl (C=O) groups excluding carboxylic acids is 2. The van der Waals surface area contributed by atoms with Gasteiger partial charge in [-0.3, -0.25) is 4.90 Å². The third-order valence-electron chi connectivity index (χ3n) is 9.56. The van der Waals surface area contributed by atoms with Gasteiger partial charge in [-0.15, -0.1) is 0 Å². The molecule has 3 aromatic carbocycles. The zero-order valence-electron chi connectivity index (χ0n) is 32.0. The first kappa shape index (κ1) is 39.8. The Morgan fingerprint density at radius 3 is 2.11 bits per heavy atom. The van der Waals surface area contributed by atoms with Crippen LogP contribution in [-0.4, -0.2) is 71.6 Å². The number of halogens is 2. The van der Waals surface area contributed by atoms with Gasteiger partial charge in [-0.2, -0.15) is 0 Å². The molecule has 2 aliphatic rings. The Hall–Kier alpha value is -4.38. The average molecular weight is 737 g/mol. The largest absolute Gasteiger partial charge is 0.497 e. The smallest absolute Gasteiger partial charge is 0.410 e. The van der Waals surface area contributed by atoms with Crippen LogP contribution in [0.15, 0.2) is 66.7 Å². The van der Waals surface area contributed by atoms with Crippen LogP contribution in [0.3, 0.4) is 0 Å². The van der Waals surface area contributed by atoms with E-state index in [1.165, 1.54) is 6.07 Å². The summed E-state index contributed by atoms with van der Waals surface area (Å²) in [6.07, 6.45) is 1.97. The second kappa shape index (κ2) is 17.2. The lowest BCUT2D eigenvalue weighted by atomic mass is 9.82. The van der Waals surface area contributed by atoms with E-state index in [9.17, 15) is 14.0 Å². The van der Waals surface area contributed by atoms with Crippen LogP contribution in [0.4, 0.5) is 18.4 Å². The summed E-state index contributed by atoms with van der Waals surface area (Å²) < 4.78 is 59.1. The SMILES string of the molecule is COc1ccc(CN(C(=O)OC(C)(C)C)[C@H]2CCN(C(=O)OC(C)(C)C)[C@H]2COC2CCC(c3cc(F)cc(F)c3OCc3ccccc3)CC2)cc1. The van der Waals surface area contributed by atoms with E-state index in [-0.39, 0.29) is 37.5 Å². The highest BCUT2D eigenvalue weighted by molar-refractivity contribution is 5.71. The Bertz CT molecular complexity index is 1670. The maximum Gasteiger partial charge on any atom is 0.410 e. The van der Waals surface area contributed by atoms with E-state index in [1.54, 1.807) is 16.9 Å². The molecular weight excluding hydrogens is 682 g/mol. The molecule has 1 saturated carbocycles. The lowest BCUT2D eigenvalue weighted by Gasteiger charge is -2.38. The van der Waals surface area contributed by atoms with E-state index < -0.39 is 47.1 Å². The predicted molar refractivity (Wildman–Crippen MR) is 198 cm³/mol. The van der Waals surface area contributed by atoms with Gasteiger partial charge in [0.1, 0.15) is 29.4 Å². The quantitative estimate of drug-likeness (QED) is 0.194. The third-order valence-corrected chi connectivity index (χ3v) is 9.56. The van der Waals surface area contributed by atoms with E-state index >= 15 is 4.39 Å². The van der Waals surface area contributed by atoms with Crippen LogP contribution in [-0.2, 0) is 27.4 Å². The van der Waals surface area contributed by atoms with E-state index in [0.29, 0.717) is 50.0 Å². The van der Waals surface area contributed by atoms with Gasteiger partial charge in [0.25, 0.3) is 0 Å². The fourth-order valence-electron chi connectivity index (χ4n) is 7.06. The topological polar surface area (TPSA) is 86.8 Å². The molecule has 0 radical (unpaired) electrons. The fraction of sp³-hybridized carbons (Fsp3) is 0.524. The van der Waals surface area contributed by atoms with Gasteiger partial charge >= 0.3 is 12.2 Å². The Kier molecular flexibility index (Phi) is 12.9. The first-order valence-corrected chi connectivity index (χ1v) is 18.5.